The van der Waals surface area contributed by atoms with E-state index in [0.29, 0.717) is 25.2 Å². The lowest BCUT2D eigenvalue weighted by Gasteiger charge is -2.36. The van der Waals surface area contributed by atoms with Crippen molar-refractivity contribution in [3.8, 4) is 0 Å². The van der Waals surface area contributed by atoms with Crippen molar-refractivity contribution in [3.05, 3.63) is 70.8 Å². The number of fused-ring (bicyclic) bond motifs is 1. The average Bonchev–Trinajstić information content (AvgIpc) is 2.74. The van der Waals surface area contributed by atoms with Crippen molar-refractivity contribution < 1.29 is 18.0 Å². The van der Waals surface area contributed by atoms with Gasteiger partial charge in [-0.15, -0.1) is 0 Å². The molecule has 2 aromatic rings. The number of carbonyl (C=O) groups excluding carboxylic acids is 1. The second-order valence-corrected chi connectivity index (χ2v) is 8.08. The van der Waals surface area contributed by atoms with Gasteiger partial charge >= 0.3 is 6.18 Å². The third kappa shape index (κ3) is 5.02. The van der Waals surface area contributed by atoms with Crippen molar-refractivity contribution in [2.75, 3.05) is 39.3 Å². The highest BCUT2D eigenvalue weighted by molar-refractivity contribution is 5.78. The van der Waals surface area contributed by atoms with Gasteiger partial charge in [0.05, 0.1) is 12.1 Å². The van der Waals surface area contributed by atoms with Gasteiger partial charge in [0.25, 0.3) is 0 Å². The predicted octanol–water partition coefficient (Wildman–Crippen LogP) is 3.41. The van der Waals surface area contributed by atoms with Gasteiger partial charge in [0.2, 0.25) is 5.91 Å². The minimum absolute atomic E-state index is 0.149. The molecule has 0 atom stereocenters. The molecule has 0 radical (unpaired) electrons. The summed E-state index contributed by atoms with van der Waals surface area (Å²) in [5, 5.41) is 0. The van der Waals surface area contributed by atoms with Crippen molar-refractivity contribution >= 4 is 5.91 Å². The van der Waals surface area contributed by atoms with Crippen LogP contribution in [-0.4, -0.2) is 59.9 Å². The molecule has 0 N–H and O–H groups in total. The van der Waals surface area contributed by atoms with Gasteiger partial charge in [-0.05, 0) is 29.2 Å². The summed E-state index contributed by atoms with van der Waals surface area (Å²) in [5.41, 5.74) is 2.61. The molecule has 2 heterocycles. The molecule has 2 aliphatic heterocycles. The summed E-state index contributed by atoms with van der Waals surface area (Å²) in [4.78, 5) is 19.0. The Kier molecular flexibility index (Phi) is 6.11. The summed E-state index contributed by atoms with van der Waals surface area (Å²) in [6.45, 7) is 5.30. The van der Waals surface area contributed by atoms with Gasteiger partial charge in [-0.1, -0.05) is 42.5 Å². The van der Waals surface area contributed by atoms with Crippen LogP contribution in [0.15, 0.2) is 48.5 Å². The smallest absolute Gasteiger partial charge is 0.337 e. The highest BCUT2D eigenvalue weighted by atomic mass is 19.4. The first kappa shape index (κ1) is 20.9. The van der Waals surface area contributed by atoms with Gasteiger partial charge < -0.3 is 4.90 Å². The van der Waals surface area contributed by atoms with E-state index in [1.54, 1.807) is 6.07 Å². The van der Waals surface area contributed by atoms with E-state index in [2.05, 4.69) is 21.9 Å². The molecule has 7 heteroatoms. The Bertz CT molecular complexity index is 891. The Labute approximate surface area is 174 Å². The van der Waals surface area contributed by atoms with E-state index in [-0.39, 0.29) is 5.91 Å². The fourth-order valence-corrected chi connectivity index (χ4v) is 4.21. The fourth-order valence-electron chi connectivity index (χ4n) is 4.21. The molecule has 1 amide bonds. The number of benzene rings is 2. The molecule has 0 bridgehead atoms. The molecule has 4 rings (SSSR count). The molecule has 0 spiro atoms. The van der Waals surface area contributed by atoms with Crippen molar-refractivity contribution in [2.45, 2.75) is 25.7 Å². The van der Waals surface area contributed by atoms with Gasteiger partial charge in [-0.25, -0.2) is 0 Å². The third-order valence-electron chi connectivity index (χ3n) is 5.97. The minimum Gasteiger partial charge on any atom is -0.337 e. The van der Waals surface area contributed by atoms with Gasteiger partial charge in [-0.3, -0.25) is 14.6 Å². The number of halogens is 3. The molecule has 4 nitrogen and oxygen atoms in total. The van der Waals surface area contributed by atoms with Crippen LogP contribution in [0.1, 0.15) is 22.3 Å². The Balaban J connectivity index is 1.26. The van der Waals surface area contributed by atoms with Crippen LogP contribution >= 0.6 is 0 Å². The van der Waals surface area contributed by atoms with Crippen LogP contribution in [0.3, 0.4) is 0 Å². The average molecular weight is 417 g/mol. The van der Waals surface area contributed by atoms with E-state index in [1.165, 1.54) is 23.3 Å². The van der Waals surface area contributed by atoms with Crippen molar-refractivity contribution in [2.24, 2.45) is 0 Å². The lowest BCUT2D eigenvalue weighted by Crippen LogP contribution is -2.50. The van der Waals surface area contributed by atoms with Crippen LogP contribution in [0.5, 0.6) is 0 Å². The Morgan fingerprint density at radius 2 is 1.57 bits per heavy atom. The van der Waals surface area contributed by atoms with Crippen LogP contribution in [0, 0.1) is 0 Å². The number of piperazine rings is 1. The highest BCUT2D eigenvalue weighted by Gasteiger charge is 2.30. The van der Waals surface area contributed by atoms with E-state index in [0.717, 1.165) is 45.2 Å². The number of nitrogens with zero attached hydrogens (tertiary/aromatic N) is 3. The number of carbonyl (C=O) groups is 1. The lowest BCUT2D eigenvalue weighted by atomic mass is 10.00. The monoisotopic (exact) mass is 417 g/mol. The van der Waals surface area contributed by atoms with Crippen molar-refractivity contribution in [1.82, 2.24) is 14.7 Å². The topological polar surface area (TPSA) is 26.8 Å². The zero-order chi connectivity index (χ0) is 21.1. The molecule has 1 saturated heterocycles. The normalized spacial score (nSPS) is 18.3. The van der Waals surface area contributed by atoms with Crippen LogP contribution < -0.4 is 0 Å². The molecule has 30 heavy (non-hydrogen) atoms. The Morgan fingerprint density at radius 1 is 0.867 bits per heavy atom. The summed E-state index contributed by atoms with van der Waals surface area (Å²) in [6, 6.07) is 13.8. The maximum absolute atomic E-state index is 12.9. The summed E-state index contributed by atoms with van der Waals surface area (Å²) >= 11 is 0. The quantitative estimate of drug-likeness (QED) is 0.763. The molecular weight excluding hydrogens is 391 g/mol. The number of rotatable bonds is 4. The summed E-state index contributed by atoms with van der Waals surface area (Å²) < 4.78 is 38.7. The van der Waals surface area contributed by atoms with E-state index in [1.807, 2.05) is 17.0 Å². The first-order valence-corrected chi connectivity index (χ1v) is 10.3. The summed E-state index contributed by atoms with van der Waals surface area (Å²) in [7, 11) is 0. The van der Waals surface area contributed by atoms with E-state index < -0.39 is 11.7 Å². The second kappa shape index (κ2) is 8.78. The van der Waals surface area contributed by atoms with Crippen LogP contribution in [0.4, 0.5) is 13.2 Å². The van der Waals surface area contributed by atoms with Gasteiger partial charge in [0.15, 0.2) is 0 Å². The van der Waals surface area contributed by atoms with Gasteiger partial charge in [0, 0.05) is 45.8 Å². The number of alkyl halides is 3. The van der Waals surface area contributed by atoms with Crippen molar-refractivity contribution in [3.63, 3.8) is 0 Å². The molecule has 160 valence electrons. The fraction of sp³-hybridized carbons (Fsp3) is 0.435. The summed E-state index contributed by atoms with van der Waals surface area (Å²) in [6.07, 6.45) is -3.42. The molecule has 2 aliphatic rings. The standard InChI is InChI=1S/C23H26F3N3O/c24-23(25,26)21-7-3-4-18(14-21)15-27-10-12-28(13-11-27)17-22(30)29-9-8-19-5-1-2-6-20(19)16-29/h1-7,14H,8-13,15-17H2. The lowest BCUT2D eigenvalue weighted by molar-refractivity contribution is -0.137. The number of hydrogen-bond donors (Lipinski definition) is 0. The van der Waals surface area contributed by atoms with Gasteiger partial charge in [-0.2, -0.15) is 13.2 Å². The zero-order valence-electron chi connectivity index (χ0n) is 16.9. The third-order valence-corrected chi connectivity index (χ3v) is 5.97. The molecule has 0 aliphatic carbocycles. The maximum Gasteiger partial charge on any atom is 0.416 e. The zero-order valence-corrected chi connectivity index (χ0v) is 16.9. The molecule has 0 saturated carbocycles. The van der Waals surface area contributed by atoms with Crippen LogP contribution in [0.2, 0.25) is 0 Å². The van der Waals surface area contributed by atoms with E-state index in [9.17, 15) is 18.0 Å². The number of amides is 1. The van der Waals surface area contributed by atoms with Crippen LogP contribution in [-0.2, 0) is 30.5 Å². The predicted molar refractivity (Wildman–Crippen MR) is 109 cm³/mol. The highest BCUT2D eigenvalue weighted by Crippen LogP contribution is 2.29. The SMILES string of the molecule is O=C(CN1CCN(Cc2cccc(C(F)(F)F)c2)CC1)N1CCc2ccccc2C1. The molecule has 2 aromatic carbocycles. The first-order chi connectivity index (χ1) is 14.4. The van der Waals surface area contributed by atoms with E-state index in [4.69, 9.17) is 0 Å². The molecule has 1 fully saturated rings. The molecule has 0 unspecified atom stereocenters. The minimum atomic E-state index is -4.32. The number of hydrogen-bond acceptors (Lipinski definition) is 3. The largest absolute Gasteiger partial charge is 0.416 e. The maximum atomic E-state index is 12.9. The first-order valence-electron chi connectivity index (χ1n) is 10.3. The Hall–Kier alpha value is -2.38. The molecule has 0 aromatic heterocycles. The van der Waals surface area contributed by atoms with Gasteiger partial charge in [0.1, 0.15) is 0 Å². The van der Waals surface area contributed by atoms with Crippen LogP contribution in [0.25, 0.3) is 0 Å². The summed E-state index contributed by atoms with van der Waals surface area (Å²) in [5.74, 6) is 0.149. The van der Waals surface area contributed by atoms with E-state index >= 15 is 0 Å². The molecular formula is C23H26F3N3O. The van der Waals surface area contributed by atoms with Crippen molar-refractivity contribution in [1.29, 1.82) is 0 Å². The second-order valence-electron chi connectivity index (χ2n) is 8.08. The Morgan fingerprint density at radius 3 is 2.30 bits per heavy atom.